The highest BCUT2D eigenvalue weighted by atomic mass is 32.2. The smallest absolute Gasteiger partial charge is 0.258 e. The fourth-order valence-corrected chi connectivity index (χ4v) is 7.72. The van der Waals surface area contributed by atoms with Gasteiger partial charge in [0.2, 0.25) is 0 Å². The van der Waals surface area contributed by atoms with Gasteiger partial charge in [0.25, 0.3) is 5.69 Å². The molecular weight excluding hydrogens is 302 g/mol. The van der Waals surface area contributed by atoms with E-state index in [4.69, 9.17) is 0 Å². The first-order valence-corrected chi connectivity index (χ1v) is 9.37. The number of nitro groups is 1. The third-order valence-corrected chi connectivity index (χ3v) is 8.44. The van der Waals surface area contributed by atoms with Crippen LogP contribution in [0.2, 0.25) is 0 Å². The fraction of sp³-hybridized carbons (Fsp3) is 0.625. The van der Waals surface area contributed by atoms with Crippen LogP contribution in [-0.2, 0) is 9.84 Å². The van der Waals surface area contributed by atoms with Crippen molar-refractivity contribution in [3.05, 3.63) is 34.4 Å². The minimum Gasteiger partial charge on any atom is -0.258 e. The number of sulfone groups is 1. The second-order valence-corrected chi connectivity index (χ2v) is 9.70. The molecule has 0 N–H and O–H groups in total. The summed E-state index contributed by atoms with van der Waals surface area (Å²) in [5.74, 6) is 1.66. The zero-order chi connectivity index (χ0) is 15.5. The van der Waals surface area contributed by atoms with Gasteiger partial charge in [-0.1, -0.05) is 0 Å². The van der Waals surface area contributed by atoms with Crippen molar-refractivity contribution in [1.82, 2.24) is 0 Å². The lowest BCUT2D eigenvalue weighted by atomic mass is 9.56. The van der Waals surface area contributed by atoms with Crippen molar-refractivity contribution in [2.24, 2.45) is 17.8 Å². The number of non-ortho nitro benzene ring substituents is 1. The molecule has 118 valence electrons. The lowest BCUT2D eigenvalue weighted by molar-refractivity contribution is -0.384. The van der Waals surface area contributed by atoms with Gasteiger partial charge in [0, 0.05) is 12.1 Å². The lowest BCUT2D eigenvalue weighted by Gasteiger charge is -2.55. The van der Waals surface area contributed by atoms with Crippen LogP contribution in [0.1, 0.15) is 38.5 Å². The zero-order valence-corrected chi connectivity index (χ0v) is 13.1. The van der Waals surface area contributed by atoms with E-state index in [-0.39, 0.29) is 10.6 Å². The normalized spacial score (nSPS) is 36.5. The Hall–Kier alpha value is -1.43. The summed E-state index contributed by atoms with van der Waals surface area (Å²) in [4.78, 5) is 10.5. The predicted molar refractivity (Wildman–Crippen MR) is 81.2 cm³/mol. The second kappa shape index (κ2) is 4.54. The summed E-state index contributed by atoms with van der Waals surface area (Å²) in [6.07, 6.45) is 5.90. The van der Waals surface area contributed by atoms with Gasteiger partial charge in [0.15, 0.2) is 9.84 Å². The van der Waals surface area contributed by atoms with Gasteiger partial charge >= 0.3 is 0 Å². The Morgan fingerprint density at radius 2 is 1.41 bits per heavy atom. The van der Waals surface area contributed by atoms with Crippen LogP contribution >= 0.6 is 0 Å². The number of hydrogen-bond donors (Lipinski definition) is 0. The third-order valence-electron chi connectivity index (χ3n) is 5.91. The fourth-order valence-electron chi connectivity index (χ4n) is 5.36. The molecule has 6 heteroatoms. The molecule has 0 spiro atoms. The van der Waals surface area contributed by atoms with E-state index >= 15 is 0 Å². The molecule has 4 aliphatic carbocycles. The van der Waals surface area contributed by atoms with Gasteiger partial charge < -0.3 is 0 Å². The van der Waals surface area contributed by atoms with E-state index in [9.17, 15) is 18.5 Å². The molecule has 0 amide bonds. The number of benzene rings is 1. The zero-order valence-electron chi connectivity index (χ0n) is 12.3. The maximum absolute atomic E-state index is 13.2. The molecule has 0 heterocycles. The standard InChI is InChI=1S/C16H19NO4S/c18-17(19)14-1-3-15(4-2-14)22(20,21)16-8-11-5-12(9-16)7-13(6-11)10-16/h1-4,11-13H,5-10H2. The van der Waals surface area contributed by atoms with E-state index < -0.39 is 19.5 Å². The highest BCUT2D eigenvalue weighted by molar-refractivity contribution is 7.92. The maximum Gasteiger partial charge on any atom is 0.269 e. The van der Waals surface area contributed by atoms with E-state index in [1.165, 1.54) is 43.5 Å². The quantitative estimate of drug-likeness (QED) is 0.632. The minimum absolute atomic E-state index is 0.0653. The summed E-state index contributed by atoms with van der Waals surface area (Å²) in [7, 11) is -3.42. The molecule has 1 aromatic rings. The van der Waals surface area contributed by atoms with E-state index in [2.05, 4.69) is 0 Å². The first kappa shape index (κ1) is 14.2. The molecular formula is C16H19NO4S. The number of hydrogen-bond acceptors (Lipinski definition) is 4. The van der Waals surface area contributed by atoms with Gasteiger partial charge in [-0.3, -0.25) is 10.1 Å². The van der Waals surface area contributed by atoms with Crippen LogP contribution in [0.4, 0.5) is 5.69 Å². The van der Waals surface area contributed by atoms with Gasteiger partial charge in [-0.25, -0.2) is 8.42 Å². The van der Waals surface area contributed by atoms with Crippen LogP contribution < -0.4 is 0 Å². The molecule has 0 atom stereocenters. The molecule has 22 heavy (non-hydrogen) atoms. The van der Waals surface area contributed by atoms with Crippen molar-refractivity contribution >= 4 is 15.5 Å². The van der Waals surface area contributed by atoms with Crippen molar-refractivity contribution < 1.29 is 13.3 Å². The van der Waals surface area contributed by atoms with Gasteiger partial charge in [0.05, 0.1) is 14.6 Å². The van der Waals surface area contributed by atoms with E-state index in [0.717, 1.165) is 19.3 Å². The van der Waals surface area contributed by atoms with Crippen molar-refractivity contribution in [3.8, 4) is 0 Å². The molecule has 4 fully saturated rings. The molecule has 5 rings (SSSR count). The van der Waals surface area contributed by atoms with Gasteiger partial charge in [-0.05, 0) is 68.4 Å². The molecule has 0 aliphatic heterocycles. The Morgan fingerprint density at radius 1 is 0.955 bits per heavy atom. The molecule has 4 aliphatic rings. The van der Waals surface area contributed by atoms with Crippen LogP contribution in [0.15, 0.2) is 29.2 Å². The molecule has 5 nitrogen and oxygen atoms in total. The average molecular weight is 321 g/mol. The van der Waals surface area contributed by atoms with Crippen LogP contribution in [-0.4, -0.2) is 18.1 Å². The molecule has 4 saturated carbocycles. The molecule has 0 radical (unpaired) electrons. The summed E-state index contributed by atoms with van der Waals surface area (Å²) in [6.45, 7) is 0. The SMILES string of the molecule is O=[N+]([O-])c1ccc(S(=O)(=O)C23CC4CC(CC(C4)C2)C3)cc1. The summed E-state index contributed by atoms with van der Waals surface area (Å²) in [5.41, 5.74) is -0.0653. The number of nitro benzene ring substituents is 1. The largest absolute Gasteiger partial charge is 0.269 e. The van der Waals surface area contributed by atoms with E-state index in [1.807, 2.05) is 0 Å². The third kappa shape index (κ3) is 1.93. The highest BCUT2D eigenvalue weighted by Crippen LogP contribution is 2.59. The summed E-state index contributed by atoms with van der Waals surface area (Å²) < 4.78 is 25.8. The van der Waals surface area contributed by atoms with E-state index in [0.29, 0.717) is 17.8 Å². The Bertz CT molecular complexity index is 688. The first-order valence-electron chi connectivity index (χ1n) is 7.89. The maximum atomic E-state index is 13.2. The monoisotopic (exact) mass is 321 g/mol. The molecule has 0 aromatic heterocycles. The molecule has 0 saturated heterocycles. The van der Waals surface area contributed by atoms with Crippen LogP contribution in [0.5, 0.6) is 0 Å². The van der Waals surface area contributed by atoms with Crippen LogP contribution in [0.25, 0.3) is 0 Å². The predicted octanol–water partition coefficient (Wildman–Crippen LogP) is 3.34. The number of nitrogens with zero attached hydrogens (tertiary/aromatic N) is 1. The number of rotatable bonds is 3. The average Bonchev–Trinajstić information content (AvgIpc) is 2.45. The second-order valence-electron chi connectivity index (χ2n) is 7.36. The Labute approximate surface area is 129 Å². The van der Waals surface area contributed by atoms with Crippen LogP contribution in [0, 0.1) is 27.9 Å². The summed E-state index contributed by atoms with van der Waals surface area (Å²) in [5, 5.41) is 10.7. The van der Waals surface area contributed by atoms with Crippen molar-refractivity contribution in [2.75, 3.05) is 0 Å². The van der Waals surface area contributed by atoms with Crippen molar-refractivity contribution in [2.45, 2.75) is 48.2 Å². The van der Waals surface area contributed by atoms with Crippen molar-refractivity contribution in [1.29, 1.82) is 0 Å². The topological polar surface area (TPSA) is 77.3 Å². The highest BCUT2D eigenvalue weighted by Gasteiger charge is 2.57. The molecule has 0 unspecified atom stereocenters. The molecule has 1 aromatic carbocycles. The van der Waals surface area contributed by atoms with Gasteiger partial charge in [-0.2, -0.15) is 0 Å². The van der Waals surface area contributed by atoms with E-state index in [1.54, 1.807) is 0 Å². The Kier molecular flexibility index (Phi) is 2.92. The van der Waals surface area contributed by atoms with Crippen LogP contribution in [0.3, 0.4) is 0 Å². The first-order chi connectivity index (χ1) is 10.4. The summed E-state index contributed by atoms with van der Waals surface area (Å²) in [6, 6.07) is 5.42. The Morgan fingerprint density at radius 3 is 1.82 bits per heavy atom. The van der Waals surface area contributed by atoms with Gasteiger partial charge in [0.1, 0.15) is 0 Å². The van der Waals surface area contributed by atoms with Crippen molar-refractivity contribution in [3.63, 3.8) is 0 Å². The summed E-state index contributed by atoms with van der Waals surface area (Å²) >= 11 is 0. The lowest BCUT2D eigenvalue weighted by Crippen LogP contribution is -2.54. The minimum atomic E-state index is -3.42. The van der Waals surface area contributed by atoms with Gasteiger partial charge in [-0.15, -0.1) is 0 Å². The Balaban J connectivity index is 1.73. The molecule has 4 bridgehead atoms.